The Bertz CT molecular complexity index is 838. The maximum absolute atomic E-state index is 12.3. The first kappa shape index (κ1) is 21.1. The first-order chi connectivity index (χ1) is 13.2. The van der Waals surface area contributed by atoms with Gasteiger partial charge in [-0.2, -0.15) is 13.2 Å². The smallest absolute Gasteiger partial charge is 0.422 e. The van der Waals surface area contributed by atoms with Crippen molar-refractivity contribution in [3.63, 3.8) is 0 Å². The molecule has 0 unspecified atom stereocenters. The molecule has 0 saturated carbocycles. The van der Waals surface area contributed by atoms with Gasteiger partial charge < -0.3 is 20.3 Å². The Morgan fingerprint density at radius 3 is 2.46 bits per heavy atom. The number of amides is 2. The Morgan fingerprint density at radius 2 is 1.79 bits per heavy atom. The van der Waals surface area contributed by atoms with Crippen LogP contribution in [0.4, 0.5) is 24.5 Å². The van der Waals surface area contributed by atoms with Crippen molar-refractivity contribution in [2.45, 2.75) is 6.18 Å². The highest BCUT2D eigenvalue weighted by atomic mass is 19.4. The van der Waals surface area contributed by atoms with Gasteiger partial charge in [-0.1, -0.05) is 18.2 Å². The molecule has 0 heterocycles. The molecule has 2 aromatic rings. The fraction of sp³-hybridized carbons (Fsp3) is 0.263. The zero-order chi connectivity index (χ0) is 20.7. The largest absolute Gasteiger partial charge is 0.482 e. The van der Waals surface area contributed by atoms with Gasteiger partial charge in [0.15, 0.2) is 6.61 Å². The Morgan fingerprint density at radius 1 is 1.07 bits per heavy atom. The number of carbonyl (C=O) groups is 2. The van der Waals surface area contributed by atoms with Crippen molar-refractivity contribution in [2.24, 2.45) is 0 Å². The summed E-state index contributed by atoms with van der Waals surface area (Å²) >= 11 is 0. The van der Waals surface area contributed by atoms with Crippen molar-refractivity contribution < 1.29 is 27.5 Å². The van der Waals surface area contributed by atoms with Crippen LogP contribution in [0.25, 0.3) is 0 Å². The van der Waals surface area contributed by atoms with Gasteiger partial charge in [0.1, 0.15) is 5.75 Å². The summed E-state index contributed by atoms with van der Waals surface area (Å²) in [5.74, 6) is -0.642. The minimum absolute atomic E-state index is 0.00815. The molecular formula is C19H20F3N3O3. The van der Waals surface area contributed by atoms with Gasteiger partial charge in [0, 0.05) is 25.3 Å². The molecule has 150 valence electrons. The average molecular weight is 395 g/mol. The van der Waals surface area contributed by atoms with Crippen molar-refractivity contribution in [1.29, 1.82) is 0 Å². The number of halogens is 3. The Balaban J connectivity index is 1.96. The van der Waals surface area contributed by atoms with Gasteiger partial charge in [0.25, 0.3) is 5.91 Å². The second-order valence-corrected chi connectivity index (χ2v) is 6.08. The summed E-state index contributed by atoms with van der Waals surface area (Å²) in [5, 5.41) is 5.37. The van der Waals surface area contributed by atoms with E-state index in [1.165, 1.54) is 23.1 Å². The Kier molecular flexibility index (Phi) is 6.86. The average Bonchev–Trinajstić information content (AvgIpc) is 2.64. The molecule has 0 atom stereocenters. The molecule has 0 fully saturated rings. The van der Waals surface area contributed by atoms with Crippen LogP contribution in [0.15, 0.2) is 48.5 Å². The SMILES string of the molecule is CN(C)C(=O)c1cccc(NC(=O)CNc2ccccc2OCC(F)(F)F)c1. The highest BCUT2D eigenvalue weighted by Crippen LogP contribution is 2.26. The van der Waals surface area contributed by atoms with Crippen molar-refractivity contribution in [3.8, 4) is 5.75 Å². The molecule has 2 rings (SSSR count). The molecule has 2 aromatic carbocycles. The number of rotatable bonds is 7. The lowest BCUT2D eigenvalue weighted by Crippen LogP contribution is -2.24. The Labute approximate surface area is 160 Å². The normalized spacial score (nSPS) is 10.9. The minimum atomic E-state index is -4.46. The van der Waals surface area contributed by atoms with E-state index in [0.29, 0.717) is 11.3 Å². The number of ether oxygens (including phenoxy) is 1. The van der Waals surface area contributed by atoms with Gasteiger partial charge in [0.2, 0.25) is 5.91 Å². The van der Waals surface area contributed by atoms with Crippen LogP contribution in [0.3, 0.4) is 0 Å². The summed E-state index contributed by atoms with van der Waals surface area (Å²) in [7, 11) is 3.24. The maximum Gasteiger partial charge on any atom is 0.422 e. The third-order valence-corrected chi connectivity index (χ3v) is 3.52. The van der Waals surface area contributed by atoms with Crippen LogP contribution in [0.2, 0.25) is 0 Å². The molecule has 0 spiro atoms. The third kappa shape index (κ3) is 6.49. The molecular weight excluding hydrogens is 375 g/mol. The van der Waals surface area contributed by atoms with Crippen LogP contribution < -0.4 is 15.4 Å². The van der Waals surface area contributed by atoms with Crippen molar-refractivity contribution in [2.75, 3.05) is 37.9 Å². The first-order valence-electron chi connectivity index (χ1n) is 8.30. The summed E-state index contributed by atoms with van der Waals surface area (Å²) in [6.07, 6.45) is -4.46. The van der Waals surface area contributed by atoms with E-state index in [0.717, 1.165) is 0 Å². The van der Waals surface area contributed by atoms with Gasteiger partial charge in [-0.25, -0.2) is 0 Å². The quantitative estimate of drug-likeness (QED) is 0.754. The fourth-order valence-corrected chi connectivity index (χ4v) is 2.27. The fourth-order valence-electron chi connectivity index (χ4n) is 2.27. The summed E-state index contributed by atoms with van der Waals surface area (Å²) in [5.41, 5.74) is 1.11. The first-order valence-corrected chi connectivity index (χ1v) is 8.30. The number of benzene rings is 2. The number of hydrogen-bond acceptors (Lipinski definition) is 4. The standard InChI is InChI=1S/C19H20F3N3O3/c1-25(2)18(27)13-6-5-7-14(10-13)24-17(26)11-23-15-8-3-4-9-16(15)28-12-19(20,21)22/h3-10,23H,11-12H2,1-2H3,(H,24,26). The summed E-state index contributed by atoms with van der Waals surface area (Å²) < 4.78 is 41.8. The van der Waals surface area contributed by atoms with Crippen LogP contribution in [-0.4, -0.2) is 50.1 Å². The summed E-state index contributed by atoms with van der Waals surface area (Å²) in [4.78, 5) is 25.5. The molecule has 0 aromatic heterocycles. The van der Waals surface area contributed by atoms with Gasteiger partial charge in [-0.3, -0.25) is 9.59 Å². The molecule has 0 saturated heterocycles. The molecule has 0 radical (unpaired) electrons. The Hall–Kier alpha value is -3.23. The van der Waals surface area contributed by atoms with E-state index < -0.39 is 18.7 Å². The molecule has 0 aliphatic rings. The number of nitrogens with one attached hydrogen (secondary N) is 2. The molecule has 0 aliphatic heterocycles. The summed E-state index contributed by atoms with van der Waals surface area (Å²) in [6, 6.07) is 12.5. The second kappa shape index (κ2) is 9.12. The maximum atomic E-state index is 12.3. The number of alkyl halides is 3. The lowest BCUT2D eigenvalue weighted by molar-refractivity contribution is -0.153. The molecule has 2 N–H and O–H groups in total. The van der Waals surface area contributed by atoms with Gasteiger partial charge in [0.05, 0.1) is 12.2 Å². The third-order valence-electron chi connectivity index (χ3n) is 3.52. The van der Waals surface area contributed by atoms with E-state index in [1.54, 1.807) is 44.4 Å². The topological polar surface area (TPSA) is 70.7 Å². The monoisotopic (exact) mass is 395 g/mol. The van der Waals surface area contributed by atoms with E-state index in [1.807, 2.05) is 0 Å². The van der Waals surface area contributed by atoms with E-state index in [9.17, 15) is 22.8 Å². The van der Waals surface area contributed by atoms with Crippen LogP contribution in [0.1, 0.15) is 10.4 Å². The molecule has 0 bridgehead atoms. The van der Waals surface area contributed by atoms with Crippen molar-refractivity contribution >= 4 is 23.2 Å². The van der Waals surface area contributed by atoms with Crippen LogP contribution in [-0.2, 0) is 4.79 Å². The number of hydrogen-bond donors (Lipinski definition) is 2. The van der Waals surface area contributed by atoms with E-state index in [2.05, 4.69) is 10.6 Å². The number of nitrogens with zero attached hydrogens (tertiary/aromatic N) is 1. The lowest BCUT2D eigenvalue weighted by Gasteiger charge is -2.15. The van der Waals surface area contributed by atoms with Crippen molar-refractivity contribution in [1.82, 2.24) is 4.90 Å². The molecule has 0 aliphatic carbocycles. The van der Waals surface area contributed by atoms with E-state index in [-0.39, 0.29) is 23.9 Å². The minimum Gasteiger partial charge on any atom is -0.482 e. The van der Waals surface area contributed by atoms with E-state index in [4.69, 9.17) is 4.74 Å². The zero-order valence-electron chi connectivity index (χ0n) is 15.3. The van der Waals surface area contributed by atoms with E-state index >= 15 is 0 Å². The molecule has 6 nitrogen and oxygen atoms in total. The van der Waals surface area contributed by atoms with Gasteiger partial charge in [-0.15, -0.1) is 0 Å². The molecule has 28 heavy (non-hydrogen) atoms. The zero-order valence-corrected chi connectivity index (χ0v) is 15.3. The number of anilines is 2. The van der Waals surface area contributed by atoms with Crippen LogP contribution >= 0.6 is 0 Å². The number of para-hydroxylation sites is 2. The van der Waals surface area contributed by atoms with Crippen LogP contribution in [0.5, 0.6) is 5.75 Å². The molecule has 2 amide bonds. The van der Waals surface area contributed by atoms with Crippen molar-refractivity contribution in [3.05, 3.63) is 54.1 Å². The molecule has 9 heteroatoms. The second-order valence-electron chi connectivity index (χ2n) is 6.08. The summed E-state index contributed by atoms with van der Waals surface area (Å²) in [6.45, 7) is -1.62. The van der Waals surface area contributed by atoms with Crippen LogP contribution in [0, 0.1) is 0 Å². The number of carbonyl (C=O) groups excluding carboxylic acids is 2. The highest BCUT2D eigenvalue weighted by molar-refractivity contribution is 5.98. The highest BCUT2D eigenvalue weighted by Gasteiger charge is 2.28. The lowest BCUT2D eigenvalue weighted by atomic mass is 10.2. The van der Waals surface area contributed by atoms with Gasteiger partial charge in [-0.05, 0) is 30.3 Å². The van der Waals surface area contributed by atoms with Gasteiger partial charge >= 0.3 is 6.18 Å². The predicted octanol–water partition coefficient (Wildman–Crippen LogP) is 3.38. The predicted molar refractivity (Wildman–Crippen MR) is 99.6 cm³/mol.